The molecule has 6 nitrogen and oxygen atoms in total. The van der Waals surface area contributed by atoms with E-state index in [4.69, 9.17) is 28.4 Å². The van der Waals surface area contributed by atoms with Gasteiger partial charge in [0.25, 0.3) is 0 Å². The van der Waals surface area contributed by atoms with Gasteiger partial charge in [0.15, 0.2) is 0 Å². The molecule has 308 valence electrons. The topological polar surface area (TPSA) is 62.0 Å². The third-order valence-corrected chi connectivity index (χ3v) is 21.0. The average molecular weight is 1260 g/mol. The first-order valence-electron chi connectivity index (χ1n) is 19.9. The zero-order chi connectivity index (χ0) is 38.2. The van der Waals surface area contributed by atoms with Crippen molar-refractivity contribution in [2.75, 3.05) is 39.6 Å². The Morgan fingerprint density at radius 3 is 0.868 bits per heavy atom. The molecular formula is C39H60Br8O6. The van der Waals surface area contributed by atoms with E-state index in [0.29, 0.717) is 101 Å². The minimum Gasteiger partial charge on any atom is -0.376 e. The molecule has 6 rings (SSSR count). The predicted octanol–water partition coefficient (Wildman–Crippen LogP) is 11.5. The number of rotatable bonds is 16. The lowest BCUT2D eigenvalue weighted by atomic mass is 9.60. The van der Waals surface area contributed by atoms with Crippen LogP contribution < -0.4 is 0 Å². The molecule has 14 heteroatoms. The van der Waals surface area contributed by atoms with E-state index in [1.165, 1.54) is 0 Å². The van der Waals surface area contributed by atoms with Crippen molar-refractivity contribution >= 4 is 127 Å². The molecule has 4 saturated carbocycles. The summed E-state index contributed by atoms with van der Waals surface area (Å²) in [5, 5.41) is 0. The van der Waals surface area contributed by atoms with Gasteiger partial charge in [-0.3, -0.25) is 0 Å². The fourth-order valence-electron chi connectivity index (χ4n) is 9.73. The van der Waals surface area contributed by atoms with E-state index in [9.17, 15) is 0 Å². The highest BCUT2D eigenvalue weighted by molar-refractivity contribution is 9.11. The average Bonchev–Trinajstić information content (AvgIpc) is 4.02. The van der Waals surface area contributed by atoms with Gasteiger partial charge in [-0.2, -0.15) is 0 Å². The third-order valence-electron chi connectivity index (χ3n) is 13.8. The monoisotopic (exact) mass is 1260 g/mol. The van der Waals surface area contributed by atoms with Crippen LogP contribution in [0.15, 0.2) is 0 Å². The molecule has 10 unspecified atom stereocenters. The highest BCUT2D eigenvalue weighted by Gasteiger charge is 2.51. The standard InChI is InChI=1S/C39H60Br8O6/c1-38(2,22-12-30(44)36(31(45)13-22)52-18-24-16-50-24)20-8-26(40)34(27(41)9-20)48-6-5-7-49-35-28(42)10-21(11-29(35)43)39(3,4)23-14-32(46)37(33(47)15-23)53-19-25-17-51-25/h20-37H,5-19H2,1-4H3. The molecular weight excluding hydrogens is 1200 g/mol. The highest BCUT2D eigenvalue weighted by atomic mass is 79.9. The van der Waals surface area contributed by atoms with Crippen molar-refractivity contribution < 1.29 is 28.4 Å². The van der Waals surface area contributed by atoms with Crippen molar-refractivity contribution in [1.82, 2.24) is 0 Å². The van der Waals surface area contributed by atoms with Gasteiger partial charge in [0, 0.05) is 51.8 Å². The van der Waals surface area contributed by atoms with Gasteiger partial charge in [-0.25, -0.2) is 0 Å². The van der Waals surface area contributed by atoms with E-state index in [1.54, 1.807) is 0 Å². The lowest BCUT2D eigenvalue weighted by Crippen LogP contribution is -2.50. The minimum absolute atomic E-state index is 0.154. The fraction of sp³-hybridized carbons (Fsp3) is 1.00. The number of alkyl halides is 8. The maximum Gasteiger partial charge on any atom is 0.104 e. The van der Waals surface area contributed by atoms with Gasteiger partial charge in [-0.1, -0.05) is 155 Å². The van der Waals surface area contributed by atoms with Crippen LogP contribution in [-0.4, -0.2) is 115 Å². The van der Waals surface area contributed by atoms with Crippen LogP contribution in [0.25, 0.3) is 0 Å². The molecule has 0 radical (unpaired) electrons. The van der Waals surface area contributed by atoms with E-state index in [1.807, 2.05) is 0 Å². The zero-order valence-corrected chi connectivity index (χ0v) is 44.2. The number of hydrogen-bond acceptors (Lipinski definition) is 6. The Bertz CT molecular complexity index is 1030. The van der Waals surface area contributed by atoms with Crippen molar-refractivity contribution in [3.63, 3.8) is 0 Å². The summed E-state index contributed by atoms with van der Waals surface area (Å²) in [6, 6.07) is 0. The molecule has 4 aliphatic carbocycles. The minimum atomic E-state index is 0.154. The van der Waals surface area contributed by atoms with Crippen LogP contribution >= 0.6 is 127 Å². The highest BCUT2D eigenvalue weighted by Crippen LogP contribution is 2.54. The second-order valence-electron chi connectivity index (χ2n) is 18.0. The molecule has 2 aliphatic heterocycles. The number of ether oxygens (including phenoxy) is 6. The molecule has 53 heavy (non-hydrogen) atoms. The molecule has 2 heterocycles. The molecule has 0 aromatic carbocycles. The SMILES string of the molecule is CC(C)(C1CC(Br)C(OCCCOC2C(Br)CC(C(C)(C)C3CC(Br)C(OCC4CO4)C(Br)C3)CC2Br)C(Br)C1)C1CC(Br)C(OCC2CO2)C(Br)C1. The van der Waals surface area contributed by atoms with Gasteiger partial charge < -0.3 is 28.4 Å². The molecule has 2 saturated heterocycles. The Morgan fingerprint density at radius 1 is 0.415 bits per heavy atom. The van der Waals surface area contributed by atoms with E-state index in [0.717, 1.165) is 71.0 Å². The summed E-state index contributed by atoms with van der Waals surface area (Å²) < 4.78 is 36.5. The summed E-state index contributed by atoms with van der Waals surface area (Å²) in [4.78, 5) is 2.67. The summed E-state index contributed by atoms with van der Waals surface area (Å²) in [7, 11) is 0. The predicted molar refractivity (Wildman–Crippen MR) is 243 cm³/mol. The molecule has 0 amide bonds. The van der Waals surface area contributed by atoms with Gasteiger partial charge in [-0.05, 0) is 92.3 Å². The van der Waals surface area contributed by atoms with Gasteiger partial charge in [0.1, 0.15) is 12.2 Å². The first kappa shape index (κ1) is 46.1. The number of epoxide rings is 2. The number of halogens is 8. The lowest BCUT2D eigenvalue weighted by Gasteiger charge is -2.51. The first-order chi connectivity index (χ1) is 25.1. The molecule has 6 fully saturated rings. The maximum absolute atomic E-state index is 6.58. The molecule has 0 N–H and O–H groups in total. The van der Waals surface area contributed by atoms with Crippen molar-refractivity contribution in [2.45, 2.75) is 161 Å². The van der Waals surface area contributed by atoms with Gasteiger partial charge in [0.05, 0.1) is 50.8 Å². The molecule has 10 atom stereocenters. The molecule has 0 aromatic heterocycles. The second-order valence-corrected chi connectivity index (χ2v) is 27.4. The van der Waals surface area contributed by atoms with Gasteiger partial charge in [0.2, 0.25) is 0 Å². The van der Waals surface area contributed by atoms with E-state index in [-0.39, 0.29) is 35.2 Å². The largest absolute Gasteiger partial charge is 0.376 e. The smallest absolute Gasteiger partial charge is 0.104 e. The molecule has 0 spiro atoms. The Labute approximate surface area is 386 Å². The Hall–Kier alpha value is 3.60. The first-order valence-corrected chi connectivity index (χ1v) is 27.2. The van der Waals surface area contributed by atoms with Crippen LogP contribution in [0.2, 0.25) is 0 Å². The van der Waals surface area contributed by atoms with E-state index >= 15 is 0 Å². The van der Waals surface area contributed by atoms with Crippen molar-refractivity contribution in [2.24, 2.45) is 34.5 Å². The Balaban J connectivity index is 0.903. The second kappa shape index (κ2) is 20.2. The lowest BCUT2D eigenvalue weighted by molar-refractivity contribution is -0.0371. The normalized spacial score (nSPS) is 46.6. The van der Waals surface area contributed by atoms with Crippen LogP contribution in [0, 0.1) is 34.5 Å². The summed E-state index contributed by atoms with van der Waals surface area (Å²) in [6.07, 6.45) is 11.2. The van der Waals surface area contributed by atoms with E-state index in [2.05, 4.69) is 155 Å². The van der Waals surface area contributed by atoms with Crippen LogP contribution in [-0.2, 0) is 28.4 Å². The maximum atomic E-state index is 6.58. The van der Waals surface area contributed by atoms with Crippen LogP contribution in [0.1, 0.15) is 85.5 Å². The van der Waals surface area contributed by atoms with Crippen molar-refractivity contribution in [3.8, 4) is 0 Å². The fourth-order valence-corrected chi connectivity index (χ4v) is 19.2. The van der Waals surface area contributed by atoms with Crippen LogP contribution in [0.4, 0.5) is 0 Å². The number of hydrogen-bond donors (Lipinski definition) is 0. The summed E-state index contributed by atoms with van der Waals surface area (Å²) in [5.41, 5.74) is 0.414. The zero-order valence-electron chi connectivity index (χ0n) is 31.5. The Kier molecular flexibility index (Phi) is 17.6. The summed E-state index contributed by atoms with van der Waals surface area (Å²) in [6.45, 7) is 14.5. The van der Waals surface area contributed by atoms with Crippen molar-refractivity contribution in [1.29, 1.82) is 0 Å². The molecule has 6 aliphatic rings. The van der Waals surface area contributed by atoms with Gasteiger partial charge >= 0.3 is 0 Å². The molecule has 0 aromatic rings. The summed E-state index contributed by atoms with van der Waals surface area (Å²) >= 11 is 32.4. The third kappa shape index (κ3) is 12.0. The van der Waals surface area contributed by atoms with E-state index < -0.39 is 0 Å². The Morgan fingerprint density at radius 2 is 0.642 bits per heavy atom. The molecule has 0 bridgehead atoms. The van der Waals surface area contributed by atoms with Gasteiger partial charge in [-0.15, -0.1) is 0 Å². The summed E-state index contributed by atoms with van der Waals surface area (Å²) in [5.74, 6) is 2.43. The van der Waals surface area contributed by atoms with Crippen molar-refractivity contribution in [3.05, 3.63) is 0 Å². The quantitative estimate of drug-likeness (QED) is 0.0872. The van der Waals surface area contributed by atoms with Crippen LogP contribution in [0.3, 0.4) is 0 Å². The van der Waals surface area contributed by atoms with Crippen LogP contribution in [0.5, 0.6) is 0 Å².